The summed E-state index contributed by atoms with van der Waals surface area (Å²) in [6.45, 7) is 4.52. The van der Waals surface area contributed by atoms with Gasteiger partial charge in [-0.15, -0.1) is 0 Å². The first-order valence-electron chi connectivity index (χ1n) is 11.1. The minimum Gasteiger partial charge on any atom is -0.207 e. The number of hydrogen-bond acceptors (Lipinski definition) is 0. The maximum atomic E-state index is 14.7. The lowest BCUT2D eigenvalue weighted by molar-refractivity contribution is 0.318. The molecule has 0 heterocycles. The van der Waals surface area contributed by atoms with E-state index in [2.05, 4.69) is 44.2 Å². The van der Waals surface area contributed by atoms with Gasteiger partial charge in [0.2, 0.25) is 0 Å². The summed E-state index contributed by atoms with van der Waals surface area (Å²) < 4.78 is 14.7. The van der Waals surface area contributed by atoms with Crippen molar-refractivity contribution in [2.24, 2.45) is 5.92 Å². The molecule has 1 heteroatoms. The summed E-state index contributed by atoms with van der Waals surface area (Å²) in [6.07, 6.45) is 11.7. The highest BCUT2D eigenvalue weighted by atomic mass is 19.1. The molecule has 0 N–H and O–H groups in total. The first-order chi connectivity index (χ1) is 13.2. The van der Waals surface area contributed by atoms with E-state index in [4.69, 9.17) is 0 Å². The van der Waals surface area contributed by atoms with Crippen LogP contribution < -0.4 is 0 Å². The molecule has 1 saturated carbocycles. The molecule has 0 bridgehead atoms. The third kappa shape index (κ3) is 5.67. The lowest BCUT2D eigenvalue weighted by Gasteiger charge is -2.28. The Labute approximate surface area is 165 Å². The van der Waals surface area contributed by atoms with Crippen LogP contribution in [0.15, 0.2) is 42.5 Å². The van der Waals surface area contributed by atoms with E-state index in [0.717, 1.165) is 30.7 Å². The predicted molar refractivity (Wildman–Crippen MR) is 114 cm³/mol. The van der Waals surface area contributed by atoms with Crippen molar-refractivity contribution in [3.05, 3.63) is 70.5 Å². The Morgan fingerprint density at radius 3 is 2.07 bits per heavy atom. The molecule has 0 aromatic heterocycles. The van der Waals surface area contributed by atoms with Crippen molar-refractivity contribution in [2.75, 3.05) is 0 Å². The van der Waals surface area contributed by atoms with E-state index in [1.54, 1.807) is 0 Å². The molecule has 0 atom stereocenters. The highest BCUT2D eigenvalue weighted by Crippen LogP contribution is 2.37. The van der Waals surface area contributed by atoms with E-state index in [-0.39, 0.29) is 5.82 Å². The van der Waals surface area contributed by atoms with Gasteiger partial charge in [-0.25, -0.2) is 4.39 Å². The molecule has 2 aromatic rings. The van der Waals surface area contributed by atoms with Crippen LogP contribution in [0, 0.1) is 11.7 Å². The Hall–Kier alpha value is -1.63. The standard InChI is InChI=1S/C26H35F/c1-3-5-6-21-7-9-22(10-8-21)13-16-24-17-18-25(19-26(24)27)23-14-11-20(4-2)12-15-23/h7-10,17-20,23H,3-6,11-16H2,1-2H3. The number of unbranched alkanes of at least 4 members (excludes halogenated alkanes) is 1. The number of hydrogen-bond donors (Lipinski definition) is 0. The summed E-state index contributed by atoms with van der Waals surface area (Å²) in [5.74, 6) is 1.44. The molecule has 3 rings (SSSR count). The molecule has 1 fully saturated rings. The summed E-state index contributed by atoms with van der Waals surface area (Å²) in [6, 6.07) is 14.9. The highest BCUT2D eigenvalue weighted by molar-refractivity contribution is 5.29. The lowest BCUT2D eigenvalue weighted by Crippen LogP contribution is -2.13. The van der Waals surface area contributed by atoms with Crippen LogP contribution in [0.3, 0.4) is 0 Å². The van der Waals surface area contributed by atoms with Gasteiger partial charge in [-0.3, -0.25) is 0 Å². The Morgan fingerprint density at radius 2 is 1.48 bits per heavy atom. The molecular weight excluding hydrogens is 331 g/mol. The Morgan fingerprint density at radius 1 is 0.815 bits per heavy atom. The average Bonchev–Trinajstić information content (AvgIpc) is 2.72. The molecule has 146 valence electrons. The van der Waals surface area contributed by atoms with Crippen molar-refractivity contribution in [2.45, 2.75) is 84.0 Å². The topological polar surface area (TPSA) is 0 Å². The highest BCUT2D eigenvalue weighted by Gasteiger charge is 2.21. The smallest absolute Gasteiger partial charge is 0.126 e. The SMILES string of the molecule is CCCCc1ccc(CCc2ccc(C3CCC(CC)CC3)cc2F)cc1. The fourth-order valence-corrected chi connectivity index (χ4v) is 4.46. The van der Waals surface area contributed by atoms with Crippen LogP contribution in [-0.2, 0) is 19.3 Å². The number of aryl methyl sites for hydroxylation is 3. The molecule has 0 saturated heterocycles. The quantitative estimate of drug-likeness (QED) is 0.450. The zero-order valence-corrected chi connectivity index (χ0v) is 17.1. The van der Waals surface area contributed by atoms with Gasteiger partial charge in [0.15, 0.2) is 0 Å². The van der Waals surface area contributed by atoms with E-state index in [1.165, 1.54) is 61.6 Å². The largest absolute Gasteiger partial charge is 0.207 e. The van der Waals surface area contributed by atoms with Crippen LogP contribution in [-0.4, -0.2) is 0 Å². The van der Waals surface area contributed by atoms with Crippen molar-refractivity contribution in [3.8, 4) is 0 Å². The van der Waals surface area contributed by atoms with E-state index in [9.17, 15) is 4.39 Å². The molecule has 0 radical (unpaired) electrons. The normalized spacial score (nSPS) is 20.0. The molecule has 0 amide bonds. The summed E-state index contributed by atoms with van der Waals surface area (Å²) >= 11 is 0. The van der Waals surface area contributed by atoms with Crippen LogP contribution in [0.4, 0.5) is 4.39 Å². The molecule has 2 aromatic carbocycles. The molecule has 0 aliphatic heterocycles. The number of benzene rings is 2. The molecule has 0 spiro atoms. The molecule has 1 aliphatic carbocycles. The molecule has 0 nitrogen and oxygen atoms in total. The van der Waals surface area contributed by atoms with Gasteiger partial charge in [-0.05, 0) is 91.5 Å². The summed E-state index contributed by atoms with van der Waals surface area (Å²) in [5.41, 5.74) is 4.78. The second kappa shape index (κ2) is 10.1. The van der Waals surface area contributed by atoms with Gasteiger partial charge < -0.3 is 0 Å². The first-order valence-corrected chi connectivity index (χ1v) is 11.1. The van der Waals surface area contributed by atoms with Crippen LogP contribution in [0.1, 0.15) is 87.0 Å². The van der Waals surface area contributed by atoms with Crippen molar-refractivity contribution >= 4 is 0 Å². The van der Waals surface area contributed by atoms with Crippen molar-refractivity contribution in [1.82, 2.24) is 0 Å². The van der Waals surface area contributed by atoms with Gasteiger partial charge in [0, 0.05) is 0 Å². The van der Waals surface area contributed by atoms with Crippen LogP contribution in [0.2, 0.25) is 0 Å². The van der Waals surface area contributed by atoms with Crippen LogP contribution in [0.25, 0.3) is 0 Å². The first kappa shape index (κ1) is 20.1. The minimum absolute atomic E-state index is 0.00955. The fourth-order valence-electron chi connectivity index (χ4n) is 4.46. The lowest BCUT2D eigenvalue weighted by atomic mass is 9.77. The third-order valence-electron chi connectivity index (χ3n) is 6.50. The molecular formula is C26H35F. The van der Waals surface area contributed by atoms with Crippen molar-refractivity contribution in [1.29, 1.82) is 0 Å². The molecule has 0 unspecified atom stereocenters. The summed E-state index contributed by atoms with van der Waals surface area (Å²) in [5, 5.41) is 0. The van der Waals surface area contributed by atoms with E-state index < -0.39 is 0 Å². The van der Waals surface area contributed by atoms with Crippen LogP contribution in [0.5, 0.6) is 0 Å². The van der Waals surface area contributed by atoms with Gasteiger partial charge in [0.25, 0.3) is 0 Å². The zero-order valence-electron chi connectivity index (χ0n) is 17.1. The summed E-state index contributed by atoms with van der Waals surface area (Å²) in [7, 11) is 0. The van der Waals surface area contributed by atoms with Crippen LogP contribution >= 0.6 is 0 Å². The maximum absolute atomic E-state index is 14.7. The second-order valence-electron chi connectivity index (χ2n) is 8.40. The maximum Gasteiger partial charge on any atom is 0.126 e. The third-order valence-corrected chi connectivity index (χ3v) is 6.50. The van der Waals surface area contributed by atoms with Gasteiger partial charge in [0.1, 0.15) is 5.82 Å². The monoisotopic (exact) mass is 366 g/mol. The predicted octanol–water partition coefficient (Wildman–Crippen LogP) is 7.64. The van der Waals surface area contributed by atoms with E-state index >= 15 is 0 Å². The molecule has 27 heavy (non-hydrogen) atoms. The van der Waals surface area contributed by atoms with Crippen molar-refractivity contribution < 1.29 is 4.39 Å². The Bertz CT molecular complexity index is 693. The fraction of sp³-hybridized carbons (Fsp3) is 0.538. The number of halogens is 1. The van der Waals surface area contributed by atoms with E-state index in [1.807, 2.05) is 12.1 Å². The molecule has 1 aliphatic rings. The Balaban J connectivity index is 1.55. The van der Waals surface area contributed by atoms with Crippen molar-refractivity contribution in [3.63, 3.8) is 0 Å². The minimum atomic E-state index is -0.00955. The van der Waals surface area contributed by atoms with Gasteiger partial charge in [-0.2, -0.15) is 0 Å². The van der Waals surface area contributed by atoms with E-state index in [0.29, 0.717) is 5.92 Å². The summed E-state index contributed by atoms with van der Waals surface area (Å²) in [4.78, 5) is 0. The zero-order chi connectivity index (χ0) is 19.1. The van der Waals surface area contributed by atoms with Gasteiger partial charge >= 0.3 is 0 Å². The van der Waals surface area contributed by atoms with Gasteiger partial charge in [-0.1, -0.05) is 63.1 Å². The van der Waals surface area contributed by atoms with Gasteiger partial charge in [0.05, 0.1) is 0 Å². The number of rotatable bonds is 8. The Kier molecular flexibility index (Phi) is 7.50. The average molecular weight is 367 g/mol. The second-order valence-corrected chi connectivity index (χ2v) is 8.40.